The highest BCUT2D eigenvalue weighted by Crippen LogP contribution is 2.27. The molecule has 0 aliphatic carbocycles. The number of anilines is 1. The van der Waals surface area contributed by atoms with Gasteiger partial charge in [-0.3, -0.25) is 4.72 Å². The number of hydrogen-bond donors (Lipinski definition) is 1. The van der Waals surface area contributed by atoms with Crippen molar-refractivity contribution in [3.8, 4) is 0 Å². The Balaban J connectivity index is 2.43. The van der Waals surface area contributed by atoms with Crippen molar-refractivity contribution in [1.82, 2.24) is 9.97 Å². The van der Waals surface area contributed by atoms with E-state index in [2.05, 4.69) is 14.7 Å². The van der Waals surface area contributed by atoms with Crippen molar-refractivity contribution in [3.05, 3.63) is 46.3 Å². The molecule has 5 nitrogen and oxygen atoms in total. The van der Waals surface area contributed by atoms with E-state index in [0.717, 1.165) is 6.33 Å². The van der Waals surface area contributed by atoms with Crippen molar-refractivity contribution in [2.75, 3.05) is 4.72 Å². The number of aryl methyl sites for hydroxylation is 1. The molecule has 1 aromatic carbocycles. The predicted molar refractivity (Wildman–Crippen MR) is 74.0 cm³/mol. The zero-order chi connectivity index (χ0) is 14.0. The van der Waals surface area contributed by atoms with Gasteiger partial charge in [0, 0.05) is 0 Å². The van der Waals surface area contributed by atoms with Crippen LogP contribution in [0.5, 0.6) is 0 Å². The topological polar surface area (TPSA) is 72.0 Å². The molecule has 0 unspecified atom stereocenters. The highest BCUT2D eigenvalue weighted by molar-refractivity contribution is 7.92. The number of halogens is 2. The first-order chi connectivity index (χ1) is 8.92. The summed E-state index contributed by atoms with van der Waals surface area (Å²) in [4.78, 5) is 7.56. The van der Waals surface area contributed by atoms with Crippen LogP contribution in [0.15, 0.2) is 35.5 Å². The molecule has 8 heteroatoms. The Bertz CT molecular complexity index is 720. The van der Waals surface area contributed by atoms with Gasteiger partial charge in [-0.25, -0.2) is 18.4 Å². The van der Waals surface area contributed by atoms with Crippen LogP contribution in [0, 0.1) is 6.92 Å². The van der Waals surface area contributed by atoms with Gasteiger partial charge >= 0.3 is 0 Å². The molecule has 100 valence electrons. The van der Waals surface area contributed by atoms with E-state index in [-0.39, 0.29) is 20.9 Å². The van der Waals surface area contributed by atoms with Gasteiger partial charge in [-0.1, -0.05) is 41.4 Å². The molecule has 1 aromatic heterocycles. The Morgan fingerprint density at radius 3 is 2.53 bits per heavy atom. The molecule has 0 aliphatic rings. The SMILES string of the molecule is Cc1ccccc1S(=O)(=O)Nc1ncnc(Cl)c1Cl. The number of rotatable bonds is 3. The van der Waals surface area contributed by atoms with Crippen LogP contribution in [0.25, 0.3) is 0 Å². The highest BCUT2D eigenvalue weighted by atomic mass is 35.5. The van der Waals surface area contributed by atoms with Crippen LogP contribution < -0.4 is 4.72 Å². The van der Waals surface area contributed by atoms with Crippen LogP contribution >= 0.6 is 23.2 Å². The van der Waals surface area contributed by atoms with Crippen LogP contribution in [0.4, 0.5) is 5.82 Å². The largest absolute Gasteiger partial charge is 0.263 e. The maximum atomic E-state index is 12.2. The number of nitrogens with one attached hydrogen (secondary N) is 1. The first kappa shape index (κ1) is 14.0. The minimum absolute atomic E-state index is 0.0147. The smallest absolute Gasteiger partial charge is 0.262 e. The zero-order valence-corrected chi connectivity index (χ0v) is 12.1. The lowest BCUT2D eigenvalue weighted by atomic mass is 10.2. The summed E-state index contributed by atoms with van der Waals surface area (Å²) < 4.78 is 26.7. The molecule has 0 amide bonds. The van der Waals surface area contributed by atoms with E-state index in [1.54, 1.807) is 25.1 Å². The minimum atomic E-state index is -3.77. The fraction of sp³-hybridized carbons (Fsp3) is 0.0909. The van der Waals surface area contributed by atoms with Gasteiger partial charge in [-0.05, 0) is 18.6 Å². The van der Waals surface area contributed by atoms with E-state index in [0.29, 0.717) is 5.56 Å². The Morgan fingerprint density at radius 2 is 1.84 bits per heavy atom. The summed E-state index contributed by atoms with van der Waals surface area (Å²) in [5.41, 5.74) is 0.617. The molecule has 1 heterocycles. The van der Waals surface area contributed by atoms with Crippen LogP contribution in [0.1, 0.15) is 5.56 Å². The van der Waals surface area contributed by atoms with Gasteiger partial charge in [0.2, 0.25) is 0 Å². The molecule has 19 heavy (non-hydrogen) atoms. The van der Waals surface area contributed by atoms with Crippen LogP contribution in [-0.2, 0) is 10.0 Å². The fourth-order valence-electron chi connectivity index (χ4n) is 1.46. The predicted octanol–water partition coefficient (Wildman–Crippen LogP) is 2.89. The van der Waals surface area contributed by atoms with E-state index in [9.17, 15) is 8.42 Å². The molecule has 0 bridgehead atoms. The fourth-order valence-corrected chi connectivity index (χ4v) is 3.06. The number of nitrogens with zero attached hydrogens (tertiary/aromatic N) is 2. The Hall–Kier alpha value is -1.37. The zero-order valence-electron chi connectivity index (χ0n) is 9.76. The second kappa shape index (κ2) is 5.32. The third-order valence-electron chi connectivity index (χ3n) is 2.36. The lowest BCUT2D eigenvalue weighted by molar-refractivity contribution is 0.600. The van der Waals surface area contributed by atoms with E-state index >= 15 is 0 Å². The third kappa shape index (κ3) is 2.97. The summed E-state index contributed by atoms with van der Waals surface area (Å²) in [6, 6.07) is 6.58. The molecule has 2 aromatic rings. The van der Waals surface area contributed by atoms with Gasteiger partial charge in [0.1, 0.15) is 11.3 Å². The van der Waals surface area contributed by atoms with E-state index < -0.39 is 10.0 Å². The Morgan fingerprint density at radius 1 is 1.16 bits per heavy atom. The second-order valence-corrected chi connectivity index (χ2v) is 6.08. The highest BCUT2D eigenvalue weighted by Gasteiger charge is 2.19. The van der Waals surface area contributed by atoms with Gasteiger partial charge in [-0.2, -0.15) is 0 Å². The number of hydrogen-bond acceptors (Lipinski definition) is 4. The number of benzene rings is 1. The first-order valence-electron chi connectivity index (χ1n) is 5.16. The molecule has 0 spiro atoms. The molecule has 0 fully saturated rings. The molecule has 0 radical (unpaired) electrons. The van der Waals surface area contributed by atoms with Gasteiger partial charge in [0.05, 0.1) is 4.90 Å². The van der Waals surface area contributed by atoms with E-state index in [1.165, 1.54) is 6.07 Å². The maximum Gasteiger partial charge on any atom is 0.263 e. The number of aromatic nitrogens is 2. The molecule has 0 saturated carbocycles. The Kier molecular flexibility index (Phi) is 3.93. The molecule has 1 N–H and O–H groups in total. The summed E-state index contributed by atoms with van der Waals surface area (Å²) in [5, 5.41) is -0.0551. The Labute approximate surface area is 120 Å². The summed E-state index contributed by atoms with van der Waals surface area (Å²) in [7, 11) is -3.77. The van der Waals surface area contributed by atoms with Crippen molar-refractivity contribution in [2.24, 2.45) is 0 Å². The van der Waals surface area contributed by atoms with Gasteiger partial charge in [0.25, 0.3) is 10.0 Å². The lowest BCUT2D eigenvalue weighted by Crippen LogP contribution is -2.15. The third-order valence-corrected chi connectivity index (χ3v) is 4.60. The van der Waals surface area contributed by atoms with E-state index in [4.69, 9.17) is 23.2 Å². The lowest BCUT2D eigenvalue weighted by Gasteiger charge is -2.10. The van der Waals surface area contributed by atoms with Crippen LogP contribution in [0.2, 0.25) is 10.2 Å². The first-order valence-corrected chi connectivity index (χ1v) is 7.40. The summed E-state index contributed by atoms with van der Waals surface area (Å²) in [6.07, 6.45) is 1.13. The monoisotopic (exact) mass is 317 g/mol. The summed E-state index contributed by atoms with van der Waals surface area (Å²) >= 11 is 11.5. The van der Waals surface area contributed by atoms with Gasteiger partial charge < -0.3 is 0 Å². The molecular formula is C11H9Cl2N3O2S. The number of sulfonamides is 1. The standard InChI is InChI=1S/C11H9Cl2N3O2S/c1-7-4-2-3-5-8(7)19(17,18)16-11-9(12)10(13)14-6-15-11/h2-6H,1H3,(H,14,15,16). The molecule has 2 rings (SSSR count). The van der Waals surface area contributed by atoms with Gasteiger partial charge in [-0.15, -0.1) is 0 Å². The van der Waals surface area contributed by atoms with Crippen molar-refractivity contribution in [2.45, 2.75) is 11.8 Å². The molecule has 0 atom stereocenters. The van der Waals surface area contributed by atoms with Crippen LogP contribution in [-0.4, -0.2) is 18.4 Å². The summed E-state index contributed by atoms with van der Waals surface area (Å²) in [6.45, 7) is 1.70. The molecular weight excluding hydrogens is 309 g/mol. The summed E-state index contributed by atoms with van der Waals surface area (Å²) in [5.74, 6) is -0.0510. The average molecular weight is 318 g/mol. The van der Waals surface area contributed by atoms with Crippen molar-refractivity contribution in [3.63, 3.8) is 0 Å². The molecule has 0 saturated heterocycles. The minimum Gasteiger partial charge on any atom is -0.262 e. The average Bonchev–Trinajstić information content (AvgIpc) is 2.35. The maximum absolute atomic E-state index is 12.2. The molecule has 0 aliphatic heterocycles. The van der Waals surface area contributed by atoms with Crippen molar-refractivity contribution < 1.29 is 8.42 Å². The quantitative estimate of drug-likeness (QED) is 0.883. The normalized spacial score (nSPS) is 11.3. The van der Waals surface area contributed by atoms with Crippen molar-refractivity contribution in [1.29, 1.82) is 0 Å². The van der Waals surface area contributed by atoms with Crippen molar-refractivity contribution >= 4 is 39.0 Å². The van der Waals surface area contributed by atoms with Crippen LogP contribution in [0.3, 0.4) is 0 Å². The second-order valence-electron chi connectivity index (χ2n) is 3.70. The van der Waals surface area contributed by atoms with E-state index in [1.807, 2.05) is 0 Å². The van der Waals surface area contributed by atoms with Gasteiger partial charge in [0.15, 0.2) is 11.0 Å².